The maximum absolute atomic E-state index is 13.2. The van der Waals surface area contributed by atoms with Gasteiger partial charge in [-0.05, 0) is 44.2 Å². The summed E-state index contributed by atoms with van der Waals surface area (Å²) in [7, 11) is -1.03. The van der Waals surface area contributed by atoms with Crippen molar-refractivity contribution in [1.82, 2.24) is 4.57 Å². The van der Waals surface area contributed by atoms with Crippen LogP contribution in [0.4, 0.5) is 0 Å². The van der Waals surface area contributed by atoms with Gasteiger partial charge in [-0.25, -0.2) is 13.2 Å². The lowest BCUT2D eigenvalue weighted by Crippen LogP contribution is -2.19. The minimum Gasteiger partial charge on any atom is -0.497 e. The van der Waals surface area contributed by atoms with Crippen molar-refractivity contribution in [3.05, 3.63) is 54.2 Å². The second-order valence-corrected chi connectivity index (χ2v) is 8.76. The molecule has 27 heavy (non-hydrogen) atoms. The molecule has 0 aliphatic rings. The van der Waals surface area contributed by atoms with Gasteiger partial charge in [-0.15, -0.1) is 0 Å². The first-order chi connectivity index (χ1) is 12.8. The van der Waals surface area contributed by atoms with Crippen LogP contribution in [0, 0.1) is 0 Å². The third-order valence-corrected chi connectivity index (χ3v) is 6.65. The van der Waals surface area contributed by atoms with Gasteiger partial charge in [0, 0.05) is 11.1 Å². The highest BCUT2D eigenvalue weighted by atomic mass is 32.2. The molecule has 1 aromatic heterocycles. The lowest BCUT2D eigenvalue weighted by Gasteiger charge is -2.12. The van der Waals surface area contributed by atoms with E-state index in [1.807, 2.05) is 30.3 Å². The van der Waals surface area contributed by atoms with Crippen LogP contribution in [0.5, 0.6) is 5.75 Å². The molecule has 0 spiro atoms. The summed E-state index contributed by atoms with van der Waals surface area (Å²) in [6.07, 6.45) is 0. The van der Waals surface area contributed by atoms with E-state index in [1.54, 1.807) is 36.6 Å². The molecule has 0 radical (unpaired) electrons. The smallest absolute Gasteiger partial charge is 0.356 e. The number of esters is 1. The molecule has 1 heterocycles. The summed E-state index contributed by atoms with van der Waals surface area (Å²) in [6.45, 7) is 3.17. The number of fused-ring (bicyclic) bond motifs is 1. The predicted molar refractivity (Wildman–Crippen MR) is 103 cm³/mol. The Hall–Kier alpha value is -2.80. The molecule has 0 amide bonds. The average Bonchev–Trinajstić information content (AvgIpc) is 3.02. The monoisotopic (exact) mass is 387 g/mol. The highest BCUT2D eigenvalue weighted by Gasteiger charge is 2.34. The standard InChI is InChI=1S/C20H21NO5S/c1-13(2)27(23,24)19-16-12-15(25-3)10-11-17(16)21(18(19)20(22)26-4)14-8-6-5-7-9-14/h5-13H,1-4H3. The Balaban J connectivity index is 2.56. The number of aromatic nitrogens is 1. The van der Waals surface area contributed by atoms with Crippen LogP contribution in [-0.2, 0) is 14.6 Å². The van der Waals surface area contributed by atoms with Crippen molar-refractivity contribution in [2.45, 2.75) is 24.0 Å². The van der Waals surface area contributed by atoms with Crippen LogP contribution in [0.3, 0.4) is 0 Å². The molecule has 0 atom stereocenters. The second-order valence-electron chi connectivity index (χ2n) is 6.32. The maximum Gasteiger partial charge on any atom is 0.356 e. The van der Waals surface area contributed by atoms with E-state index < -0.39 is 21.1 Å². The first-order valence-corrected chi connectivity index (χ1v) is 9.97. The number of rotatable bonds is 5. The van der Waals surface area contributed by atoms with Gasteiger partial charge in [0.15, 0.2) is 15.5 Å². The van der Waals surface area contributed by atoms with Gasteiger partial charge in [-0.3, -0.25) is 0 Å². The number of hydrogen-bond acceptors (Lipinski definition) is 5. The van der Waals surface area contributed by atoms with E-state index in [0.29, 0.717) is 22.3 Å². The summed E-state index contributed by atoms with van der Waals surface area (Å²) in [6, 6.07) is 14.2. The van der Waals surface area contributed by atoms with E-state index in [-0.39, 0.29) is 10.6 Å². The second kappa shape index (κ2) is 7.08. The van der Waals surface area contributed by atoms with Crippen LogP contribution in [0.1, 0.15) is 24.3 Å². The number of carbonyl (C=O) groups is 1. The topological polar surface area (TPSA) is 74.6 Å². The Morgan fingerprint density at radius 1 is 1.04 bits per heavy atom. The van der Waals surface area contributed by atoms with E-state index in [2.05, 4.69) is 0 Å². The normalized spacial score (nSPS) is 11.7. The molecule has 7 heteroatoms. The van der Waals surface area contributed by atoms with Crippen LogP contribution >= 0.6 is 0 Å². The van der Waals surface area contributed by atoms with Crippen LogP contribution in [0.25, 0.3) is 16.6 Å². The van der Waals surface area contributed by atoms with Gasteiger partial charge in [-0.2, -0.15) is 0 Å². The van der Waals surface area contributed by atoms with E-state index in [4.69, 9.17) is 9.47 Å². The van der Waals surface area contributed by atoms with Gasteiger partial charge >= 0.3 is 5.97 Å². The van der Waals surface area contributed by atoms with Crippen molar-refractivity contribution in [3.63, 3.8) is 0 Å². The van der Waals surface area contributed by atoms with Gasteiger partial charge in [0.2, 0.25) is 0 Å². The first-order valence-electron chi connectivity index (χ1n) is 8.43. The van der Waals surface area contributed by atoms with Gasteiger partial charge in [0.1, 0.15) is 10.6 Å². The highest BCUT2D eigenvalue weighted by molar-refractivity contribution is 7.92. The molecule has 0 saturated carbocycles. The van der Waals surface area contributed by atoms with Gasteiger partial charge in [0.25, 0.3) is 0 Å². The zero-order valence-corrected chi connectivity index (χ0v) is 16.4. The number of para-hydroxylation sites is 1. The lowest BCUT2D eigenvalue weighted by molar-refractivity contribution is 0.0587. The summed E-state index contributed by atoms with van der Waals surface area (Å²) in [5.41, 5.74) is 1.24. The molecule has 0 fully saturated rings. The molecule has 0 aliphatic carbocycles. The van der Waals surface area contributed by atoms with Gasteiger partial charge < -0.3 is 14.0 Å². The minimum atomic E-state index is -3.78. The van der Waals surface area contributed by atoms with Crippen molar-refractivity contribution >= 4 is 26.7 Å². The first kappa shape index (κ1) is 19.0. The van der Waals surface area contributed by atoms with Crippen LogP contribution in [-0.4, -0.2) is 38.4 Å². The summed E-state index contributed by atoms with van der Waals surface area (Å²) < 4.78 is 38.2. The number of sulfone groups is 1. The summed E-state index contributed by atoms with van der Waals surface area (Å²) in [5, 5.41) is -0.283. The quantitative estimate of drug-likeness (QED) is 0.625. The van der Waals surface area contributed by atoms with Crippen LogP contribution < -0.4 is 4.74 Å². The van der Waals surface area contributed by atoms with Crippen molar-refractivity contribution < 1.29 is 22.7 Å². The fourth-order valence-electron chi connectivity index (χ4n) is 3.02. The highest BCUT2D eigenvalue weighted by Crippen LogP contribution is 2.37. The number of benzene rings is 2. The zero-order chi connectivity index (χ0) is 19.8. The van der Waals surface area contributed by atoms with Crippen molar-refractivity contribution in [2.75, 3.05) is 14.2 Å². The Bertz CT molecular complexity index is 1100. The Morgan fingerprint density at radius 2 is 1.70 bits per heavy atom. The van der Waals surface area contributed by atoms with E-state index in [9.17, 15) is 13.2 Å². The van der Waals surface area contributed by atoms with Crippen molar-refractivity contribution in [1.29, 1.82) is 0 Å². The van der Waals surface area contributed by atoms with E-state index >= 15 is 0 Å². The van der Waals surface area contributed by atoms with Crippen LogP contribution in [0.15, 0.2) is 53.4 Å². The molecule has 2 aromatic carbocycles. The number of nitrogens with zero attached hydrogens (tertiary/aromatic N) is 1. The average molecular weight is 387 g/mol. The van der Waals surface area contributed by atoms with Gasteiger partial charge in [0.05, 0.1) is 25.0 Å². The molecule has 0 bridgehead atoms. The van der Waals surface area contributed by atoms with E-state index in [1.165, 1.54) is 14.2 Å². The Kier molecular flexibility index (Phi) is 4.97. The Labute approximate surface area is 158 Å². The SMILES string of the molecule is COC(=O)c1c(S(=O)(=O)C(C)C)c2cc(OC)ccc2n1-c1ccccc1. The summed E-state index contributed by atoms with van der Waals surface area (Å²) in [4.78, 5) is 12.6. The molecule has 0 aliphatic heterocycles. The van der Waals surface area contributed by atoms with Crippen LogP contribution in [0.2, 0.25) is 0 Å². The molecular weight excluding hydrogens is 366 g/mol. The predicted octanol–water partition coefficient (Wildman–Crippen LogP) is 3.61. The fourth-order valence-corrected chi connectivity index (χ4v) is 4.40. The number of carbonyl (C=O) groups excluding carboxylic acids is 1. The lowest BCUT2D eigenvalue weighted by atomic mass is 10.2. The molecule has 0 saturated heterocycles. The third-order valence-electron chi connectivity index (χ3n) is 4.43. The molecular formula is C20H21NO5S. The minimum absolute atomic E-state index is 0.0133. The van der Waals surface area contributed by atoms with E-state index in [0.717, 1.165) is 0 Å². The molecule has 3 rings (SSSR count). The molecule has 0 unspecified atom stereocenters. The molecule has 3 aromatic rings. The number of methoxy groups -OCH3 is 2. The largest absolute Gasteiger partial charge is 0.497 e. The maximum atomic E-state index is 13.2. The summed E-state index contributed by atoms with van der Waals surface area (Å²) in [5.74, 6) is -0.211. The molecule has 142 valence electrons. The van der Waals surface area contributed by atoms with Crippen molar-refractivity contribution in [2.24, 2.45) is 0 Å². The summed E-state index contributed by atoms with van der Waals surface area (Å²) >= 11 is 0. The third kappa shape index (κ3) is 3.08. The zero-order valence-electron chi connectivity index (χ0n) is 15.6. The number of hydrogen-bond donors (Lipinski definition) is 0. The number of ether oxygens (including phenoxy) is 2. The fraction of sp³-hybridized carbons (Fsp3) is 0.250. The van der Waals surface area contributed by atoms with Crippen molar-refractivity contribution in [3.8, 4) is 11.4 Å². The molecule has 6 nitrogen and oxygen atoms in total. The molecule has 0 N–H and O–H groups in total. The van der Waals surface area contributed by atoms with Gasteiger partial charge in [-0.1, -0.05) is 18.2 Å². The Morgan fingerprint density at radius 3 is 2.26 bits per heavy atom.